The Labute approximate surface area is 155 Å². The van der Waals surface area contributed by atoms with E-state index >= 15 is 0 Å². The third-order valence-corrected chi connectivity index (χ3v) is 5.84. The number of carbonyl (C=O) groups excluding carboxylic acids is 1. The molecule has 1 unspecified atom stereocenters. The van der Waals surface area contributed by atoms with Crippen LogP contribution in [0.4, 0.5) is 0 Å². The van der Waals surface area contributed by atoms with Gasteiger partial charge in [0.25, 0.3) is 0 Å². The lowest BCUT2D eigenvalue weighted by atomic mass is 10.2. The molecule has 0 aliphatic heterocycles. The van der Waals surface area contributed by atoms with Crippen molar-refractivity contribution in [2.75, 3.05) is 6.54 Å². The second-order valence-corrected chi connectivity index (χ2v) is 7.95. The van der Waals surface area contributed by atoms with Gasteiger partial charge in [0.15, 0.2) is 11.0 Å². The van der Waals surface area contributed by atoms with Crippen molar-refractivity contribution >= 4 is 29.0 Å². The summed E-state index contributed by atoms with van der Waals surface area (Å²) in [6, 6.07) is 14.0. The van der Waals surface area contributed by atoms with E-state index in [0.29, 0.717) is 6.54 Å². The Hall–Kier alpha value is -2.12. The van der Waals surface area contributed by atoms with Gasteiger partial charge in [-0.05, 0) is 24.8 Å². The fourth-order valence-corrected chi connectivity index (χ4v) is 3.92. The molecule has 1 amide bonds. The first kappa shape index (κ1) is 17.7. The van der Waals surface area contributed by atoms with Gasteiger partial charge in [0.1, 0.15) is 0 Å². The molecule has 3 rings (SSSR count). The maximum Gasteiger partial charge on any atom is 0.233 e. The predicted molar refractivity (Wildman–Crippen MR) is 103 cm³/mol. The Morgan fingerprint density at radius 3 is 2.76 bits per heavy atom. The van der Waals surface area contributed by atoms with Crippen molar-refractivity contribution in [2.45, 2.75) is 23.8 Å². The minimum Gasteiger partial charge on any atom is -0.355 e. The van der Waals surface area contributed by atoms with Crippen LogP contribution in [0.15, 0.2) is 53.0 Å². The first-order valence-electron chi connectivity index (χ1n) is 8.06. The summed E-state index contributed by atoms with van der Waals surface area (Å²) in [5.74, 6) is 0.819. The van der Waals surface area contributed by atoms with Crippen molar-refractivity contribution in [2.24, 2.45) is 7.05 Å². The molecule has 0 radical (unpaired) electrons. The zero-order valence-corrected chi connectivity index (χ0v) is 15.8. The van der Waals surface area contributed by atoms with E-state index in [1.807, 2.05) is 60.3 Å². The summed E-state index contributed by atoms with van der Waals surface area (Å²) in [4.78, 5) is 13.6. The molecule has 3 aromatic rings. The number of hydrogen-bond acceptors (Lipinski definition) is 5. The van der Waals surface area contributed by atoms with Crippen LogP contribution in [0.1, 0.15) is 11.8 Å². The highest BCUT2D eigenvalue weighted by Gasteiger charge is 2.19. The third-order valence-electron chi connectivity index (χ3n) is 3.77. The summed E-state index contributed by atoms with van der Waals surface area (Å²) < 4.78 is 1.93. The minimum absolute atomic E-state index is 0.0193. The van der Waals surface area contributed by atoms with Gasteiger partial charge in [0.2, 0.25) is 5.91 Å². The predicted octanol–water partition coefficient (Wildman–Crippen LogP) is 3.38. The van der Waals surface area contributed by atoms with Gasteiger partial charge in [-0.3, -0.25) is 4.79 Å². The van der Waals surface area contributed by atoms with E-state index in [0.717, 1.165) is 23.0 Å². The Kier molecular flexibility index (Phi) is 5.88. The maximum absolute atomic E-state index is 12.3. The van der Waals surface area contributed by atoms with Gasteiger partial charge in [-0.15, -0.1) is 21.5 Å². The first-order valence-corrected chi connectivity index (χ1v) is 9.82. The van der Waals surface area contributed by atoms with Gasteiger partial charge in [-0.2, -0.15) is 0 Å². The Morgan fingerprint density at radius 1 is 1.24 bits per heavy atom. The average Bonchev–Trinajstić information content (AvgIpc) is 3.26. The molecular weight excluding hydrogens is 352 g/mol. The number of thioether (sulfide) groups is 1. The summed E-state index contributed by atoms with van der Waals surface area (Å²) in [5.41, 5.74) is 1.01. The fourth-order valence-electron chi connectivity index (χ4n) is 2.38. The standard InChI is InChI=1S/C18H20N4OS2/c1-13(17(23)19-11-10-15-9-6-12-24-15)25-18-21-20-16(22(18)2)14-7-4-3-5-8-14/h3-9,12-13H,10-11H2,1-2H3,(H,19,23). The van der Waals surface area contributed by atoms with Crippen LogP contribution in [0.2, 0.25) is 0 Å². The molecule has 130 valence electrons. The molecule has 25 heavy (non-hydrogen) atoms. The number of nitrogens with zero attached hydrogens (tertiary/aromatic N) is 3. The van der Waals surface area contributed by atoms with E-state index in [4.69, 9.17) is 0 Å². The third kappa shape index (κ3) is 4.49. The molecule has 0 bridgehead atoms. The molecule has 0 aliphatic rings. The second-order valence-electron chi connectivity index (χ2n) is 5.61. The van der Waals surface area contributed by atoms with Crippen molar-refractivity contribution in [1.29, 1.82) is 0 Å². The molecule has 1 aromatic carbocycles. The number of carbonyl (C=O) groups is 1. The lowest BCUT2D eigenvalue weighted by Gasteiger charge is -2.11. The van der Waals surface area contributed by atoms with E-state index in [2.05, 4.69) is 21.6 Å². The smallest absolute Gasteiger partial charge is 0.233 e. The van der Waals surface area contributed by atoms with Crippen LogP contribution < -0.4 is 5.32 Å². The normalized spacial score (nSPS) is 12.1. The summed E-state index contributed by atoms with van der Waals surface area (Å²) >= 11 is 3.13. The van der Waals surface area contributed by atoms with E-state index in [-0.39, 0.29) is 11.2 Å². The van der Waals surface area contributed by atoms with Gasteiger partial charge in [-0.25, -0.2) is 0 Å². The Bertz CT molecular complexity index is 815. The molecule has 1 N–H and O–H groups in total. The van der Waals surface area contributed by atoms with Crippen LogP contribution in [-0.4, -0.2) is 32.5 Å². The van der Waals surface area contributed by atoms with Crippen LogP contribution in [-0.2, 0) is 18.3 Å². The molecule has 0 saturated heterocycles. The van der Waals surface area contributed by atoms with Crippen LogP contribution in [0.25, 0.3) is 11.4 Å². The van der Waals surface area contributed by atoms with Crippen molar-refractivity contribution < 1.29 is 4.79 Å². The highest BCUT2D eigenvalue weighted by atomic mass is 32.2. The van der Waals surface area contributed by atoms with Crippen molar-refractivity contribution in [1.82, 2.24) is 20.1 Å². The monoisotopic (exact) mass is 372 g/mol. The van der Waals surface area contributed by atoms with E-state index in [9.17, 15) is 4.79 Å². The topological polar surface area (TPSA) is 59.8 Å². The summed E-state index contributed by atoms with van der Waals surface area (Å²) in [7, 11) is 1.92. The Balaban J connectivity index is 1.56. The van der Waals surface area contributed by atoms with E-state index in [1.54, 1.807) is 11.3 Å². The maximum atomic E-state index is 12.3. The van der Waals surface area contributed by atoms with Gasteiger partial charge < -0.3 is 9.88 Å². The van der Waals surface area contributed by atoms with E-state index < -0.39 is 0 Å². The van der Waals surface area contributed by atoms with Crippen LogP contribution in [0, 0.1) is 0 Å². The number of hydrogen-bond donors (Lipinski definition) is 1. The van der Waals surface area contributed by atoms with Gasteiger partial charge in [0.05, 0.1) is 5.25 Å². The van der Waals surface area contributed by atoms with Crippen molar-refractivity contribution in [3.8, 4) is 11.4 Å². The molecule has 0 aliphatic carbocycles. The molecule has 0 spiro atoms. The SMILES string of the molecule is CC(Sc1nnc(-c2ccccc2)n1C)C(=O)NCCc1cccs1. The van der Waals surface area contributed by atoms with Crippen LogP contribution in [0.5, 0.6) is 0 Å². The number of aromatic nitrogens is 3. The molecule has 5 nitrogen and oxygen atoms in total. The fraction of sp³-hybridized carbons (Fsp3) is 0.278. The highest BCUT2D eigenvalue weighted by Crippen LogP contribution is 2.25. The van der Waals surface area contributed by atoms with Crippen LogP contribution in [0.3, 0.4) is 0 Å². The quantitative estimate of drug-likeness (QED) is 0.646. The molecule has 2 heterocycles. The molecule has 2 aromatic heterocycles. The Morgan fingerprint density at radius 2 is 2.04 bits per heavy atom. The largest absolute Gasteiger partial charge is 0.355 e. The number of benzene rings is 1. The number of thiophene rings is 1. The lowest BCUT2D eigenvalue weighted by Crippen LogP contribution is -2.32. The summed E-state index contributed by atoms with van der Waals surface area (Å²) in [5, 5.41) is 14.0. The number of rotatable bonds is 7. The number of nitrogens with one attached hydrogen (secondary N) is 1. The summed E-state index contributed by atoms with van der Waals surface area (Å²) in [6.07, 6.45) is 0.864. The van der Waals surface area contributed by atoms with Crippen molar-refractivity contribution in [3.63, 3.8) is 0 Å². The molecule has 1 atom stereocenters. The zero-order valence-electron chi connectivity index (χ0n) is 14.2. The molecule has 0 fully saturated rings. The van der Waals surface area contributed by atoms with Gasteiger partial charge in [0, 0.05) is 24.0 Å². The highest BCUT2D eigenvalue weighted by molar-refractivity contribution is 8.00. The first-order chi connectivity index (χ1) is 12.1. The second kappa shape index (κ2) is 8.31. The molecular formula is C18H20N4OS2. The lowest BCUT2D eigenvalue weighted by molar-refractivity contribution is -0.120. The molecule has 7 heteroatoms. The minimum atomic E-state index is -0.227. The zero-order chi connectivity index (χ0) is 17.6. The summed E-state index contributed by atoms with van der Waals surface area (Å²) in [6.45, 7) is 2.54. The number of amides is 1. The van der Waals surface area contributed by atoms with E-state index in [1.165, 1.54) is 16.6 Å². The van der Waals surface area contributed by atoms with Gasteiger partial charge in [-0.1, -0.05) is 48.2 Å². The average molecular weight is 373 g/mol. The van der Waals surface area contributed by atoms with Crippen LogP contribution >= 0.6 is 23.1 Å². The van der Waals surface area contributed by atoms with Crippen molar-refractivity contribution in [3.05, 3.63) is 52.7 Å². The van der Waals surface area contributed by atoms with Gasteiger partial charge >= 0.3 is 0 Å². The molecule has 0 saturated carbocycles.